The molecule has 0 radical (unpaired) electrons. The van der Waals surface area contributed by atoms with E-state index in [0.717, 1.165) is 43.6 Å². The molecular formula is C26H24N8S2. The lowest BCUT2D eigenvalue weighted by Gasteiger charge is -1.97. The fourth-order valence-corrected chi connectivity index (χ4v) is 6.55. The number of anilines is 2. The zero-order chi connectivity index (χ0) is 24.2. The molecule has 8 nitrogen and oxygen atoms in total. The van der Waals surface area contributed by atoms with E-state index in [4.69, 9.17) is 11.5 Å². The van der Waals surface area contributed by atoms with Crippen LogP contribution >= 0.6 is 22.7 Å². The highest BCUT2D eigenvalue weighted by Crippen LogP contribution is 2.47. The number of hydrogen-bond acceptors (Lipinski definition) is 8. The van der Waals surface area contributed by atoms with E-state index in [2.05, 4.69) is 42.5 Å². The standard InChI is InChI=1S/2C13H12N4S/c2*14-12-10(11(16-17-12)7-5-6-7)13-15-8-3-1-2-4-9(8)18-13/h2*1-4,7H,5-6H2,(H3,14,16,17). The fraction of sp³-hybridized carbons (Fsp3) is 0.231. The first kappa shape index (κ1) is 21.5. The molecule has 0 spiro atoms. The number of benzene rings is 2. The molecule has 4 aromatic heterocycles. The number of nitrogens with two attached hydrogens (primary N) is 2. The van der Waals surface area contributed by atoms with Gasteiger partial charge in [-0.3, -0.25) is 10.2 Å². The van der Waals surface area contributed by atoms with Crippen LogP contribution in [-0.4, -0.2) is 30.4 Å². The van der Waals surface area contributed by atoms with E-state index in [1.54, 1.807) is 22.7 Å². The molecule has 0 bridgehead atoms. The molecule has 2 aliphatic rings. The summed E-state index contributed by atoms with van der Waals surface area (Å²) in [6.45, 7) is 0. The predicted molar refractivity (Wildman–Crippen MR) is 147 cm³/mol. The van der Waals surface area contributed by atoms with Crippen LogP contribution in [0, 0.1) is 0 Å². The van der Waals surface area contributed by atoms with Crippen LogP contribution in [-0.2, 0) is 0 Å². The Hall–Kier alpha value is -3.76. The second kappa shape index (κ2) is 8.42. The second-order valence-corrected chi connectivity index (χ2v) is 11.4. The molecule has 0 unspecified atom stereocenters. The van der Waals surface area contributed by atoms with Crippen LogP contribution in [0.4, 0.5) is 11.6 Å². The van der Waals surface area contributed by atoms with Gasteiger partial charge in [0, 0.05) is 11.8 Å². The van der Waals surface area contributed by atoms with Gasteiger partial charge in [-0.1, -0.05) is 24.3 Å². The second-order valence-electron chi connectivity index (χ2n) is 9.32. The van der Waals surface area contributed by atoms with Crippen LogP contribution < -0.4 is 11.5 Å². The lowest BCUT2D eigenvalue weighted by Crippen LogP contribution is -1.89. The summed E-state index contributed by atoms with van der Waals surface area (Å²) in [5, 5.41) is 16.4. The summed E-state index contributed by atoms with van der Waals surface area (Å²) in [6.07, 6.45) is 4.89. The van der Waals surface area contributed by atoms with E-state index in [1.807, 2.05) is 36.4 Å². The first-order chi connectivity index (χ1) is 17.7. The third-order valence-electron chi connectivity index (χ3n) is 6.63. The number of nitrogens with one attached hydrogen (secondary N) is 2. The van der Waals surface area contributed by atoms with Crippen molar-refractivity contribution >= 4 is 54.7 Å². The molecule has 0 amide bonds. The Kier molecular flexibility index (Phi) is 5.03. The number of nitrogens with zero attached hydrogens (tertiary/aromatic N) is 4. The third-order valence-corrected chi connectivity index (χ3v) is 8.74. The quantitative estimate of drug-likeness (QED) is 0.219. The Morgan fingerprint density at radius 3 is 1.44 bits per heavy atom. The van der Waals surface area contributed by atoms with Gasteiger partial charge in [-0.15, -0.1) is 22.7 Å². The lowest BCUT2D eigenvalue weighted by atomic mass is 10.2. The molecule has 2 aromatic carbocycles. The van der Waals surface area contributed by atoms with Crippen molar-refractivity contribution < 1.29 is 0 Å². The molecule has 6 aromatic rings. The zero-order valence-corrected chi connectivity index (χ0v) is 21.0. The minimum absolute atomic E-state index is 0.566. The van der Waals surface area contributed by atoms with Gasteiger partial charge in [-0.2, -0.15) is 10.2 Å². The van der Waals surface area contributed by atoms with Crippen LogP contribution in [0.1, 0.15) is 48.9 Å². The Labute approximate surface area is 214 Å². The molecule has 2 fully saturated rings. The molecule has 0 saturated heterocycles. The maximum Gasteiger partial charge on any atom is 0.155 e. The Bertz CT molecular complexity index is 1510. The van der Waals surface area contributed by atoms with Crippen molar-refractivity contribution in [2.45, 2.75) is 37.5 Å². The monoisotopic (exact) mass is 512 g/mol. The van der Waals surface area contributed by atoms with Gasteiger partial charge in [0.05, 0.1) is 42.9 Å². The molecular weight excluding hydrogens is 488 g/mol. The summed E-state index contributed by atoms with van der Waals surface area (Å²) in [5.41, 5.74) is 18.4. The number of rotatable bonds is 4. The van der Waals surface area contributed by atoms with Crippen molar-refractivity contribution in [1.82, 2.24) is 30.4 Å². The van der Waals surface area contributed by atoms with Crippen molar-refractivity contribution in [1.29, 1.82) is 0 Å². The normalized spacial score (nSPS) is 15.3. The minimum atomic E-state index is 0.566. The van der Waals surface area contributed by atoms with E-state index < -0.39 is 0 Å². The lowest BCUT2D eigenvalue weighted by molar-refractivity contribution is 0.968. The van der Waals surface area contributed by atoms with Crippen molar-refractivity contribution in [2.75, 3.05) is 11.5 Å². The maximum atomic E-state index is 5.99. The topological polar surface area (TPSA) is 135 Å². The summed E-state index contributed by atoms with van der Waals surface area (Å²) in [5.74, 6) is 2.32. The average Bonchev–Trinajstić information content (AvgIpc) is 3.75. The van der Waals surface area contributed by atoms with Gasteiger partial charge in [0.25, 0.3) is 0 Å². The first-order valence-electron chi connectivity index (χ1n) is 12.0. The molecule has 180 valence electrons. The van der Waals surface area contributed by atoms with Crippen molar-refractivity contribution in [3.05, 3.63) is 59.9 Å². The Morgan fingerprint density at radius 1 is 0.639 bits per heavy atom. The molecule has 10 heteroatoms. The van der Waals surface area contributed by atoms with Gasteiger partial charge in [-0.25, -0.2) is 9.97 Å². The first-order valence-corrected chi connectivity index (χ1v) is 13.7. The molecule has 8 rings (SSSR count). The van der Waals surface area contributed by atoms with Gasteiger partial charge in [0.2, 0.25) is 0 Å². The SMILES string of the molecule is Nc1n[nH]c(C2CC2)c1-c1nc2ccccc2s1.Nc1n[nH]c(C2CC2)c1-c1nc2ccccc2s1. The maximum absolute atomic E-state index is 5.99. The molecule has 2 aliphatic carbocycles. The highest BCUT2D eigenvalue weighted by atomic mass is 32.1. The van der Waals surface area contributed by atoms with E-state index in [9.17, 15) is 0 Å². The van der Waals surface area contributed by atoms with E-state index in [-0.39, 0.29) is 0 Å². The molecule has 6 N–H and O–H groups in total. The highest BCUT2D eigenvalue weighted by Gasteiger charge is 2.32. The number of aromatic nitrogens is 6. The van der Waals surface area contributed by atoms with Crippen LogP contribution in [0.3, 0.4) is 0 Å². The number of nitrogen functional groups attached to an aromatic ring is 2. The van der Waals surface area contributed by atoms with Crippen LogP contribution in [0.5, 0.6) is 0 Å². The zero-order valence-electron chi connectivity index (χ0n) is 19.4. The largest absolute Gasteiger partial charge is 0.382 e. The van der Waals surface area contributed by atoms with E-state index >= 15 is 0 Å². The van der Waals surface area contributed by atoms with Crippen molar-refractivity contribution in [3.63, 3.8) is 0 Å². The minimum Gasteiger partial charge on any atom is -0.382 e. The van der Waals surface area contributed by atoms with Crippen molar-refractivity contribution in [3.8, 4) is 21.1 Å². The summed E-state index contributed by atoms with van der Waals surface area (Å²) in [6, 6.07) is 16.3. The van der Waals surface area contributed by atoms with Gasteiger partial charge >= 0.3 is 0 Å². The van der Waals surface area contributed by atoms with E-state index in [1.165, 1.54) is 35.1 Å². The van der Waals surface area contributed by atoms with Crippen LogP contribution in [0.15, 0.2) is 48.5 Å². The van der Waals surface area contributed by atoms with Gasteiger partial charge in [0.15, 0.2) is 11.6 Å². The highest BCUT2D eigenvalue weighted by molar-refractivity contribution is 7.22. The summed E-state index contributed by atoms with van der Waals surface area (Å²) in [4.78, 5) is 9.33. The third kappa shape index (κ3) is 3.82. The number of thiazole rings is 2. The number of aromatic amines is 2. The molecule has 4 heterocycles. The summed E-state index contributed by atoms with van der Waals surface area (Å²) in [7, 11) is 0. The van der Waals surface area contributed by atoms with Gasteiger partial charge in [0.1, 0.15) is 10.0 Å². The molecule has 0 aliphatic heterocycles. The van der Waals surface area contributed by atoms with E-state index in [0.29, 0.717) is 23.5 Å². The smallest absolute Gasteiger partial charge is 0.155 e. The van der Waals surface area contributed by atoms with Gasteiger partial charge < -0.3 is 11.5 Å². The number of hydrogen-bond donors (Lipinski definition) is 4. The fourth-order valence-electron chi connectivity index (χ4n) is 4.48. The summed E-state index contributed by atoms with van der Waals surface area (Å²) >= 11 is 3.35. The van der Waals surface area contributed by atoms with Crippen LogP contribution in [0.25, 0.3) is 41.6 Å². The average molecular weight is 513 g/mol. The molecule has 2 saturated carbocycles. The predicted octanol–water partition coefficient (Wildman–Crippen LogP) is 6.29. The number of H-pyrrole nitrogens is 2. The van der Waals surface area contributed by atoms with Crippen LogP contribution in [0.2, 0.25) is 0 Å². The molecule has 0 atom stereocenters. The summed E-state index contributed by atoms with van der Waals surface area (Å²) < 4.78 is 2.38. The Morgan fingerprint density at radius 2 is 1.06 bits per heavy atom. The Balaban J connectivity index is 0.000000122. The number of fused-ring (bicyclic) bond motifs is 2. The number of para-hydroxylation sites is 2. The van der Waals surface area contributed by atoms with Crippen molar-refractivity contribution in [2.24, 2.45) is 0 Å². The van der Waals surface area contributed by atoms with Gasteiger partial charge in [-0.05, 0) is 49.9 Å². The molecule has 36 heavy (non-hydrogen) atoms.